The maximum absolute atomic E-state index is 13.2. The van der Waals surface area contributed by atoms with Crippen LogP contribution in [0.4, 0.5) is 19.0 Å². The van der Waals surface area contributed by atoms with Gasteiger partial charge in [0, 0.05) is 23.5 Å². The van der Waals surface area contributed by atoms with Crippen LogP contribution >= 0.6 is 0 Å². The fourth-order valence-corrected chi connectivity index (χ4v) is 5.81. The smallest absolute Gasteiger partial charge is 0.287 e. The molecule has 0 saturated heterocycles. The van der Waals surface area contributed by atoms with E-state index in [1.54, 1.807) is 0 Å². The Morgan fingerprint density at radius 2 is 1.91 bits per heavy atom. The van der Waals surface area contributed by atoms with Gasteiger partial charge in [0.1, 0.15) is 10.6 Å². The standard InChI is InChI=1S/C21H17F3N4O3S/c22-21(23,24)17-6-15-13(7-26-17)9-28(19(15)29)18-16(32(30,31)10-12-1-2-12)5-14(8-27-18)20(11-25)3-4-20/h5-8,12H,1-4,9-10H2. The third-order valence-corrected chi connectivity index (χ3v) is 8.05. The first kappa shape index (κ1) is 20.9. The summed E-state index contributed by atoms with van der Waals surface area (Å²) in [5, 5.41) is 9.50. The first-order valence-corrected chi connectivity index (χ1v) is 11.7. The zero-order chi connectivity index (χ0) is 22.9. The molecule has 0 radical (unpaired) electrons. The molecule has 7 nitrogen and oxygen atoms in total. The zero-order valence-electron chi connectivity index (χ0n) is 16.7. The maximum Gasteiger partial charge on any atom is 0.433 e. The Kier molecular flexibility index (Phi) is 4.40. The predicted octanol–water partition coefficient (Wildman–Crippen LogP) is 3.39. The third kappa shape index (κ3) is 3.43. The summed E-state index contributed by atoms with van der Waals surface area (Å²) in [6.07, 6.45) is 0.430. The number of halogens is 3. The van der Waals surface area contributed by atoms with Crippen LogP contribution in [0.25, 0.3) is 0 Å². The molecule has 2 aliphatic carbocycles. The maximum atomic E-state index is 13.2. The summed E-state index contributed by atoms with van der Waals surface area (Å²) < 4.78 is 65.5. The molecule has 0 N–H and O–H groups in total. The summed E-state index contributed by atoms with van der Waals surface area (Å²) in [7, 11) is -3.83. The second kappa shape index (κ2) is 6.75. The molecular formula is C21H17F3N4O3S. The lowest BCUT2D eigenvalue weighted by atomic mass is 10.00. The molecule has 11 heteroatoms. The van der Waals surface area contributed by atoms with E-state index in [0.717, 1.165) is 23.9 Å². The van der Waals surface area contributed by atoms with Crippen LogP contribution in [-0.2, 0) is 28.0 Å². The summed E-state index contributed by atoms with van der Waals surface area (Å²) in [6, 6.07) is 4.29. The van der Waals surface area contributed by atoms with E-state index in [1.165, 1.54) is 12.3 Å². The zero-order valence-corrected chi connectivity index (χ0v) is 17.5. The number of sulfone groups is 1. The van der Waals surface area contributed by atoms with Crippen LogP contribution in [0.3, 0.4) is 0 Å². The normalized spacial score (nSPS) is 19.6. The van der Waals surface area contributed by atoms with Crippen molar-refractivity contribution in [2.45, 2.75) is 48.7 Å². The lowest BCUT2D eigenvalue weighted by molar-refractivity contribution is -0.141. The van der Waals surface area contributed by atoms with Crippen LogP contribution in [0.15, 0.2) is 29.4 Å². The molecule has 2 fully saturated rings. The second-order valence-corrected chi connectivity index (χ2v) is 10.6. The number of pyridine rings is 2. The number of hydrogen-bond donors (Lipinski definition) is 0. The van der Waals surface area contributed by atoms with Gasteiger partial charge in [-0.05, 0) is 49.3 Å². The number of hydrogen-bond acceptors (Lipinski definition) is 6. The van der Waals surface area contributed by atoms with Gasteiger partial charge in [-0.3, -0.25) is 14.7 Å². The molecular weight excluding hydrogens is 445 g/mol. The largest absolute Gasteiger partial charge is 0.433 e. The van der Waals surface area contributed by atoms with Gasteiger partial charge in [-0.1, -0.05) is 0 Å². The third-order valence-electron chi connectivity index (χ3n) is 6.17. The van der Waals surface area contributed by atoms with Gasteiger partial charge in [-0.15, -0.1) is 0 Å². The Morgan fingerprint density at radius 3 is 2.50 bits per heavy atom. The van der Waals surface area contributed by atoms with Crippen molar-refractivity contribution in [3.63, 3.8) is 0 Å². The molecule has 5 rings (SSSR count). The van der Waals surface area contributed by atoms with E-state index in [2.05, 4.69) is 16.0 Å². The highest BCUT2D eigenvalue weighted by molar-refractivity contribution is 7.91. The average Bonchev–Trinajstić information content (AvgIpc) is 3.67. The quantitative estimate of drug-likeness (QED) is 0.675. The Bertz CT molecular complexity index is 1290. The van der Waals surface area contributed by atoms with E-state index in [4.69, 9.17) is 0 Å². The molecule has 0 atom stereocenters. The number of carbonyl (C=O) groups is 1. The Balaban J connectivity index is 1.58. The minimum Gasteiger partial charge on any atom is -0.287 e. The molecule has 32 heavy (non-hydrogen) atoms. The lowest BCUT2D eigenvalue weighted by Crippen LogP contribution is -2.27. The molecule has 0 spiro atoms. The Hall–Kier alpha value is -3.00. The van der Waals surface area contributed by atoms with E-state index in [9.17, 15) is 31.6 Å². The van der Waals surface area contributed by atoms with Crippen LogP contribution in [0, 0.1) is 17.2 Å². The lowest BCUT2D eigenvalue weighted by Gasteiger charge is -2.20. The Morgan fingerprint density at radius 1 is 1.19 bits per heavy atom. The van der Waals surface area contributed by atoms with Crippen molar-refractivity contribution in [3.05, 3.63) is 46.9 Å². The number of nitriles is 1. The first-order chi connectivity index (χ1) is 15.0. The predicted molar refractivity (Wildman–Crippen MR) is 105 cm³/mol. The number of rotatable bonds is 5. The van der Waals surface area contributed by atoms with Gasteiger partial charge in [-0.25, -0.2) is 13.4 Å². The number of alkyl halides is 3. The number of aromatic nitrogens is 2. The number of nitrogens with zero attached hydrogens (tertiary/aromatic N) is 4. The van der Waals surface area contributed by atoms with Gasteiger partial charge in [0.15, 0.2) is 15.7 Å². The van der Waals surface area contributed by atoms with Crippen molar-refractivity contribution in [1.29, 1.82) is 5.26 Å². The highest BCUT2D eigenvalue weighted by atomic mass is 32.2. The molecule has 3 heterocycles. The number of carbonyl (C=O) groups excluding carboxylic acids is 1. The number of fused-ring (bicyclic) bond motifs is 1. The molecule has 1 amide bonds. The van der Waals surface area contributed by atoms with E-state index in [1.807, 2.05) is 0 Å². The number of anilines is 1. The fourth-order valence-electron chi connectivity index (χ4n) is 3.93. The van der Waals surface area contributed by atoms with Crippen LogP contribution in [0.5, 0.6) is 0 Å². The molecule has 0 bridgehead atoms. The van der Waals surface area contributed by atoms with E-state index < -0.39 is 33.0 Å². The minimum atomic E-state index is -4.71. The fraction of sp³-hybridized carbons (Fsp3) is 0.429. The van der Waals surface area contributed by atoms with Crippen LogP contribution in [-0.4, -0.2) is 30.0 Å². The first-order valence-electron chi connectivity index (χ1n) is 10.1. The van der Waals surface area contributed by atoms with E-state index in [-0.39, 0.29) is 40.1 Å². The van der Waals surface area contributed by atoms with Crippen molar-refractivity contribution in [2.24, 2.45) is 5.92 Å². The van der Waals surface area contributed by atoms with Gasteiger partial charge in [0.05, 0.1) is 23.8 Å². The highest BCUT2D eigenvalue weighted by Crippen LogP contribution is 2.49. The molecule has 1 aliphatic heterocycles. The summed E-state index contributed by atoms with van der Waals surface area (Å²) in [4.78, 5) is 21.5. The van der Waals surface area contributed by atoms with Crippen LogP contribution < -0.4 is 4.90 Å². The van der Waals surface area contributed by atoms with E-state index >= 15 is 0 Å². The highest BCUT2D eigenvalue weighted by Gasteiger charge is 2.47. The summed E-state index contributed by atoms with van der Waals surface area (Å²) in [5.74, 6) is -0.956. The average molecular weight is 462 g/mol. The van der Waals surface area contributed by atoms with Gasteiger partial charge in [0.2, 0.25) is 0 Å². The summed E-state index contributed by atoms with van der Waals surface area (Å²) >= 11 is 0. The van der Waals surface area contributed by atoms with Crippen LogP contribution in [0.2, 0.25) is 0 Å². The number of amides is 1. The SMILES string of the molecule is N#CC1(c2cnc(N3Cc4cnc(C(F)(F)F)cc4C3=O)c(S(=O)(=O)CC3CC3)c2)CC1. The van der Waals surface area contributed by atoms with Crippen molar-refractivity contribution < 1.29 is 26.4 Å². The summed E-state index contributed by atoms with van der Waals surface area (Å²) in [6.45, 7) is -0.138. The van der Waals surface area contributed by atoms with Crippen molar-refractivity contribution in [1.82, 2.24) is 9.97 Å². The molecule has 2 aromatic rings. The van der Waals surface area contributed by atoms with Gasteiger partial charge in [0.25, 0.3) is 5.91 Å². The molecule has 3 aliphatic rings. The van der Waals surface area contributed by atoms with Gasteiger partial charge >= 0.3 is 6.18 Å². The Labute approximate surface area is 181 Å². The molecule has 2 aromatic heterocycles. The molecule has 166 valence electrons. The molecule has 0 unspecified atom stereocenters. The topological polar surface area (TPSA) is 104 Å². The van der Waals surface area contributed by atoms with Crippen LogP contribution in [0.1, 0.15) is 52.9 Å². The van der Waals surface area contributed by atoms with Crippen molar-refractivity contribution >= 4 is 21.6 Å². The van der Waals surface area contributed by atoms with Gasteiger partial charge < -0.3 is 0 Å². The summed E-state index contributed by atoms with van der Waals surface area (Å²) in [5.41, 5.74) is -1.42. The second-order valence-electron chi connectivity index (χ2n) is 8.58. The minimum absolute atomic E-state index is 0.0346. The van der Waals surface area contributed by atoms with Gasteiger partial charge in [-0.2, -0.15) is 18.4 Å². The van der Waals surface area contributed by atoms with Crippen molar-refractivity contribution in [2.75, 3.05) is 10.7 Å². The van der Waals surface area contributed by atoms with Crippen molar-refractivity contribution in [3.8, 4) is 6.07 Å². The van der Waals surface area contributed by atoms with E-state index in [0.29, 0.717) is 24.5 Å². The monoisotopic (exact) mass is 462 g/mol. The molecule has 0 aromatic carbocycles. The molecule has 2 saturated carbocycles.